The molecule has 0 aliphatic carbocycles. The first-order chi connectivity index (χ1) is 9.60. The van der Waals surface area contributed by atoms with Crippen LogP contribution in [0.15, 0.2) is 18.2 Å². The molecule has 0 saturated carbocycles. The minimum atomic E-state index is -0.174. The molecule has 2 atom stereocenters. The first-order valence-corrected chi connectivity index (χ1v) is 7.69. The van der Waals surface area contributed by atoms with E-state index in [0.29, 0.717) is 10.8 Å². The fraction of sp³-hybridized carbons (Fsp3) is 0.625. The summed E-state index contributed by atoms with van der Waals surface area (Å²) < 4.78 is 11.4. The van der Waals surface area contributed by atoms with E-state index < -0.39 is 0 Å². The van der Waals surface area contributed by atoms with Crippen LogP contribution < -0.4 is 10.1 Å². The molecule has 112 valence electrons. The number of hydrogen-bond donors (Lipinski definition) is 1. The maximum atomic E-state index is 6.12. The summed E-state index contributed by atoms with van der Waals surface area (Å²) in [6.07, 6.45) is 3.43. The third-order valence-corrected chi connectivity index (χ3v) is 4.34. The zero-order chi connectivity index (χ0) is 14.6. The van der Waals surface area contributed by atoms with Crippen molar-refractivity contribution in [3.05, 3.63) is 28.8 Å². The number of halogens is 1. The van der Waals surface area contributed by atoms with E-state index in [1.54, 1.807) is 7.11 Å². The van der Waals surface area contributed by atoms with Crippen LogP contribution in [-0.2, 0) is 4.74 Å². The molecule has 2 unspecified atom stereocenters. The van der Waals surface area contributed by atoms with Crippen molar-refractivity contribution in [3.8, 4) is 5.75 Å². The smallest absolute Gasteiger partial charge is 0.137 e. The lowest BCUT2D eigenvalue weighted by Crippen LogP contribution is -2.45. The maximum absolute atomic E-state index is 6.12. The molecule has 1 aromatic rings. The largest absolute Gasteiger partial charge is 0.495 e. The van der Waals surface area contributed by atoms with Crippen LogP contribution in [0, 0.1) is 0 Å². The minimum absolute atomic E-state index is 0.152. The van der Waals surface area contributed by atoms with Gasteiger partial charge in [-0.1, -0.05) is 24.6 Å². The highest BCUT2D eigenvalue weighted by atomic mass is 35.5. The van der Waals surface area contributed by atoms with Crippen molar-refractivity contribution in [3.63, 3.8) is 0 Å². The number of hydrogen-bond acceptors (Lipinski definition) is 3. The van der Waals surface area contributed by atoms with Crippen LogP contribution in [0.4, 0.5) is 0 Å². The highest BCUT2D eigenvalue weighted by molar-refractivity contribution is 6.32. The van der Waals surface area contributed by atoms with Gasteiger partial charge in [0.15, 0.2) is 0 Å². The molecule has 1 aliphatic heterocycles. The Morgan fingerprint density at radius 1 is 1.45 bits per heavy atom. The number of ether oxygens (including phenoxy) is 2. The number of benzene rings is 1. The molecule has 1 heterocycles. The fourth-order valence-corrected chi connectivity index (χ4v) is 3.12. The first-order valence-electron chi connectivity index (χ1n) is 7.31. The van der Waals surface area contributed by atoms with Crippen molar-refractivity contribution >= 4 is 11.6 Å². The summed E-state index contributed by atoms with van der Waals surface area (Å²) in [5, 5.41) is 4.20. The van der Waals surface area contributed by atoms with E-state index in [1.165, 1.54) is 6.42 Å². The average Bonchev–Trinajstić information content (AvgIpc) is 2.46. The van der Waals surface area contributed by atoms with Crippen LogP contribution in [0.5, 0.6) is 5.75 Å². The first kappa shape index (κ1) is 15.6. The predicted octanol–water partition coefficient (Wildman–Crippen LogP) is 3.96. The molecule has 0 bridgehead atoms. The predicted molar refractivity (Wildman–Crippen MR) is 82.6 cm³/mol. The van der Waals surface area contributed by atoms with Gasteiger partial charge in [0.2, 0.25) is 0 Å². The molecule has 0 spiro atoms. The fourth-order valence-electron chi connectivity index (χ4n) is 2.93. The Kier molecular flexibility index (Phi) is 5.30. The molecule has 1 aliphatic rings. The van der Waals surface area contributed by atoms with Crippen LogP contribution in [0.3, 0.4) is 0 Å². The number of rotatable bonds is 5. The highest BCUT2D eigenvalue weighted by Gasteiger charge is 2.37. The summed E-state index contributed by atoms with van der Waals surface area (Å²) in [4.78, 5) is 0. The third-order valence-electron chi connectivity index (χ3n) is 4.03. The molecule has 0 amide bonds. The van der Waals surface area contributed by atoms with Gasteiger partial charge < -0.3 is 14.8 Å². The summed E-state index contributed by atoms with van der Waals surface area (Å²) in [5.41, 5.74) is 0.991. The van der Waals surface area contributed by atoms with E-state index in [2.05, 4.69) is 25.2 Å². The molecule has 1 aromatic carbocycles. The van der Waals surface area contributed by atoms with Crippen LogP contribution in [0.25, 0.3) is 0 Å². The normalized spacial score (nSPS) is 24.4. The van der Waals surface area contributed by atoms with E-state index >= 15 is 0 Å². The summed E-state index contributed by atoms with van der Waals surface area (Å²) in [5.74, 6) is 0.714. The van der Waals surface area contributed by atoms with Crippen molar-refractivity contribution < 1.29 is 9.47 Å². The highest BCUT2D eigenvalue weighted by Crippen LogP contribution is 2.38. The topological polar surface area (TPSA) is 30.5 Å². The maximum Gasteiger partial charge on any atom is 0.137 e. The molecule has 3 nitrogen and oxygen atoms in total. The number of methoxy groups -OCH3 is 1. The Morgan fingerprint density at radius 3 is 2.85 bits per heavy atom. The van der Waals surface area contributed by atoms with Crippen molar-refractivity contribution in [2.75, 3.05) is 20.3 Å². The standard InChI is InChI=1S/C16H24ClNO2/c1-4-18-15(16(2)9-5-6-10-20-16)12-7-8-13(17)14(11-12)19-3/h7-8,11,15,18H,4-6,9-10H2,1-3H3. The van der Waals surface area contributed by atoms with Gasteiger partial charge in [0, 0.05) is 6.61 Å². The number of nitrogens with one attached hydrogen (secondary N) is 1. The van der Waals surface area contributed by atoms with E-state index in [4.69, 9.17) is 21.1 Å². The monoisotopic (exact) mass is 297 g/mol. The van der Waals surface area contributed by atoms with Crippen molar-refractivity contribution in [2.24, 2.45) is 0 Å². The lowest BCUT2D eigenvalue weighted by Gasteiger charge is -2.41. The molecule has 1 saturated heterocycles. The van der Waals surface area contributed by atoms with E-state index in [1.807, 2.05) is 12.1 Å². The van der Waals surface area contributed by atoms with Crippen molar-refractivity contribution in [1.29, 1.82) is 0 Å². The summed E-state index contributed by atoms with van der Waals surface area (Å²) >= 11 is 6.12. The van der Waals surface area contributed by atoms with Crippen molar-refractivity contribution in [2.45, 2.75) is 44.8 Å². The lowest BCUT2D eigenvalue weighted by molar-refractivity contribution is -0.0895. The van der Waals surface area contributed by atoms with Crippen LogP contribution in [0.1, 0.15) is 44.7 Å². The van der Waals surface area contributed by atoms with Crippen LogP contribution in [0.2, 0.25) is 5.02 Å². The van der Waals surface area contributed by atoms with Gasteiger partial charge >= 0.3 is 0 Å². The summed E-state index contributed by atoms with van der Waals surface area (Å²) in [6, 6.07) is 6.12. The van der Waals surface area contributed by atoms with Crippen LogP contribution in [-0.4, -0.2) is 25.9 Å². The van der Waals surface area contributed by atoms with Gasteiger partial charge in [0.25, 0.3) is 0 Å². The Balaban J connectivity index is 2.32. The second-order valence-corrected chi connectivity index (χ2v) is 5.91. The lowest BCUT2D eigenvalue weighted by atomic mass is 9.84. The molecule has 1 fully saturated rings. The Labute approximate surface area is 126 Å². The van der Waals surface area contributed by atoms with E-state index in [-0.39, 0.29) is 11.6 Å². The molecular formula is C16H24ClNO2. The molecule has 1 N–H and O–H groups in total. The van der Waals surface area contributed by atoms with Crippen molar-refractivity contribution in [1.82, 2.24) is 5.32 Å². The second-order valence-electron chi connectivity index (χ2n) is 5.50. The zero-order valence-electron chi connectivity index (χ0n) is 12.5. The Morgan fingerprint density at radius 2 is 2.25 bits per heavy atom. The SMILES string of the molecule is CCNC(c1ccc(Cl)c(OC)c1)C1(C)CCCCO1. The summed E-state index contributed by atoms with van der Waals surface area (Å²) in [7, 11) is 1.64. The van der Waals surface area contributed by atoms with Gasteiger partial charge in [-0.25, -0.2) is 0 Å². The van der Waals surface area contributed by atoms with Gasteiger partial charge in [-0.2, -0.15) is 0 Å². The quantitative estimate of drug-likeness (QED) is 0.892. The van der Waals surface area contributed by atoms with Gasteiger partial charge in [-0.3, -0.25) is 0 Å². The third kappa shape index (κ3) is 3.27. The molecule has 0 radical (unpaired) electrons. The number of likely N-dealkylation sites (N-methyl/N-ethyl adjacent to an activating group) is 1. The molecule has 4 heteroatoms. The second kappa shape index (κ2) is 6.79. The molecule has 20 heavy (non-hydrogen) atoms. The summed E-state index contributed by atoms with van der Waals surface area (Å²) in [6.45, 7) is 6.05. The molecule has 2 rings (SSSR count). The van der Waals surface area contributed by atoms with Crippen LogP contribution >= 0.6 is 11.6 Å². The molecular weight excluding hydrogens is 274 g/mol. The van der Waals surface area contributed by atoms with Gasteiger partial charge in [-0.05, 0) is 50.4 Å². The van der Waals surface area contributed by atoms with E-state index in [0.717, 1.165) is 31.6 Å². The molecule has 0 aromatic heterocycles. The van der Waals surface area contributed by atoms with Gasteiger partial charge in [0.05, 0.1) is 23.8 Å². The zero-order valence-corrected chi connectivity index (χ0v) is 13.3. The Bertz CT molecular complexity index is 444. The Hall–Kier alpha value is -0.770. The minimum Gasteiger partial charge on any atom is -0.495 e. The van der Waals surface area contributed by atoms with E-state index in [9.17, 15) is 0 Å². The van der Waals surface area contributed by atoms with Gasteiger partial charge in [0.1, 0.15) is 5.75 Å². The average molecular weight is 298 g/mol. The van der Waals surface area contributed by atoms with Gasteiger partial charge in [-0.15, -0.1) is 0 Å².